The second-order valence-corrected chi connectivity index (χ2v) is 5.67. The Morgan fingerprint density at radius 2 is 1.88 bits per heavy atom. The Morgan fingerprint density at radius 3 is 2.46 bits per heavy atom. The van der Waals surface area contributed by atoms with Crippen LogP contribution in [0.15, 0.2) is 24.3 Å². The smallest absolute Gasteiger partial charge is 0.416 e. The number of carbonyl (C=O) groups is 3. The average molecular weight is 374 g/mol. The molecule has 0 bridgehead atoms. The van der Waals surface area contributed by atoms with Gasteiger partial charge >= 0.3 is 12.1 Å². The van der Waals surface area contributed by atoms with Crippen LogP contribution in [0.3, 0.4) is 0 Å². The number of carbonyl (C=O) groups excluding carboxylic acids is 2. The van der Waals surface area contributed by atoms with Gasteiger partial charge in [-0.1, -0.05) is 0 Å². The summed E-state index contributed by atoms with van der Waals surface area (Å²) in [5, 5.41) is 11.2. The fourth-order valence-corrected chi connectivity index (χ4v) is 2.52. The Labute approximate surface area is 146 Å². The number of benzene rings is 1. The number of hydrogen-bond acceptors (Lipinski definition) is 4. The van der Waals surface area contributed by atoms with Crippen molar-refractivity contribution >= 4 is 17.8 Å². The van der Waals surface area contributed by atoms with Crippen LogP contribution in [-0.4, -0.2) is 60.1 Å². The van der Waals surface area contributed by atoms with Crippen molar-refractivity contribution in [1.29, 1.82) is 0 Å². The SMILES string of the molecule is O=C(O)CC1COCCN1C(=O)CNC(=O)c1ccc(C(F)(F)F)cc1. The number of halogens is 3. The molecular weight excluding hydrogens is 357 g/mol. The van der Waals surface area contributed by atoms with Gasteiger partial charge in [-0.15, -0.1) is 0 Å². The topological polar surface area (TPSA) is 95.9 Å². The predicted molar refractivity (Wildman–Crippen MR) is 82.4 cm³/mol. The van der Waals surface area contributed by atoms with Gasteiger partial charge in [0.15, 0.2) is 0 Å². The van der Waals surface area contributed by atoms with Crippen molar-refractivity contribution in [2.24, 2.45) is 0 Å². The average Bonchev–Trinajstić information content (AvgIpc) is 2.58. The van der Waals surface area contributed by atoms with Gasteiger partial charge in [-0.3, -0.25) is 14.4 Å². The van der Waals surface area contributed by atoms with E-state index in [0.29, 0.717) is 0 Å². The summed E-state index contributed by atoms with van der Waals surface area (Å²) in [6.45, 7) is 0.155. The van der Waals surface area contributed by atoms with Crippen LogP contribution in [-0.2, 0) is 20.5 Å². The van der Waals surface area contributed by atoms with E-state index in [0.717, 1.165) is 24.3 Å². The summed E-state index contributed by atoms with van der Waals surface area (Å²) in [5.74, 6) is -2.26. The van der Waals surface area contributed by atoms with Crippen molar-refractivity contribution in [3.63, 3.8) is 0 Å². The summed E-state index contributed by atoms with van der Waals surface area (Å²) in [6.07, 6.45) is -4.78. The van der Waals surface area contributed by atoms with E-state index in [1.54, 1.807) is 0 Å². The number of ether oxygens (including phenoxy) is 1. The number of alkyl halides is 3. The third kappa shape index (κ3) is 5.19. The van der Waals surface area contributed by atoms with Gasteiger partial charge in [0.2, 0.25) is 5.91 Å². The zero-order chi connectivity index (χ0) is 19.3. The molecule has 0 spiro atoms. The largest absolute Gasteiger partial charge is 0.481 e. The lowest BCUT2D eigenvalue weighted by Crippen LogP contribution is -2.52. The van der Waals surface area contributed by atoms with Crippen molar-refractivity contribution in [2.75, 3.05) is 26.3 Å². The van der Waals surface area contributed by atoms with Crippen molar-refractivity contribution in [3.05, 3.63) is 35.4 Å². The van der Waals surface area contributed by atoms with Crippen LogP contribution in [0, 0.1) is 0 Å². The molecule has 1 saturated heterocycles. The number of hydrogen-bond donors (Lipinski definition) is 2. The molecule has 1 aromatic carbocycles. The van der Waals surface area contributed by atoms with Crippen LogP contribution in [0.5, 0.6) is 0 Å². The van der Waals surface area contributed by atoms with E-state index in [4.69, 9.17) is 9.84 Å². The summed E-state index contributed by atoms with van der Waals surface area (Å²) in [6, 6.07) is 2.97. The maximum atomic E-state index is 12.5. The third-order valence-corrected chi connectivity index (χ3v) is 3.83. The number of carboxylic acids is 1. The highest BCUT2D eigenvalue weighted by atomic mass is 19.4. The lowest BCUT2D eigenvalue weighted by molar-refractivity contribution is -0.145. The zero-order valence-electron chi connectivity index (χ0n) is 13.6. The van der Waals surface area contributed by atoms with Crippen molar-refractivity contribution in [1.82, 2.24) is 10.2 Å². The Morgan fingerprint density at radius 1 is 1.23 bits per heavy atom. The van der Waals surface area contributed by atoms with E-state index >= 15 is 0 Å². The Kier molecular flexibility index (Phi) is 6.19. The fraction of sp³-hybridized carbons (Fsp3) is 0.438. The minimum atomic E-state index is -4.50. The van der Waals surface area contributed by atoms with Crippen LogP contribution in [0.4, 0.5) is 13.2 Å². The second-order valence-electron chi connectivity index (χ2n) is 5.67. The van der Waals surface area contributed by atoms with Gasteiger partial charge in [0.25, 0.3) is 5.91 Å². The molecule has 2 amide bonds. The first-order valence-electron chi connectivity index (χ1n) is 7.73. The van der Waals surface area contributed by atoms with Gasteiger partial charge < -0.3 is 20.1 Å². The summed E-state index contributed by atoms with van der Waals surface area (Å²) in [4.78, 5) is 36.4. The molecule has 1 atom stereocenters. The molecule has 1 heterocycles. The molecule has 0 aromatic heterocycles. The minimum absolute atomic E-state index is 0.0186. The molecule has 1 fully saturated rings. The number of amides is 2. The Bertz CT molecular complexity index is 675. The van der Waals surface area contributed by atoms with E-state index in [-0.39, 0.29) is 31.7 Å². The maximum Gasteiger partial charge on any atom is 0.416 e. The van der Waals surface area contributed by atoms with Gasteiger partial charge in [0.1, 0.15) is 0 Å². The lowest BCUT2D eigenvalue weighted by atomic mass is 10.1. The quantitative estimate of drug-likeness (QED) is 0.806. The molecule has 0 saturated carbocycles. The van der Waals surface area contributed by atoms with Crippen LogP contribution < -0.4 is 5.32 Å². The molecule has 1 aliphatic rings. The van der Waals surface area contributed by atoms with Crippen molar-refractivity contribution in [2.45, 2.75) is 18.6 Å². The molecule has 10 heteroatoms. The van der Waals surface area contributed by atoms with Gasteiger partial charge in [0.05, 0.1) is 37.8 Å². The maximum absolute atomic E-state index is 12.5. The van der Waals surface area contributed by atoms with E-state index < -0.39 is 42.1 Å². The highest BCUT2D eigenvalue weighted by Gasteiger charge is 2.31. The number of nitrogens with one attached hydrogen (secondary N) is 1. The summed E-state index contributed by atoms with van der Waals surface area (Å²) >= 11 is 0. The Hall–Kier alpha value is -2.62. The molecule has 0 aliphatic carbocycles. The van der Waals surface area contributed by atoms with Crippen molar-refractivity contribution in [3.8, 4) is 0 Å². The van der Waals surface area contributed by atoms with Gasteiger partial charge in [-0.2, -0.15) is 13.2 Å². The number of carboxylic acid groups (broad SMARTS) is 1. The summed E-state index contributed by atoms with van der Waals surface area (Å²) < 4.78 is 42.7. The highest BCUT2D eigenvalue weighted by molar-refractivity contribution is 5.96. The first-order valence-corrected chi connectivity index (χ1v) is 7.73. The van der Waals surface area contributed by atoms with Crippen LogP contribution in [0.1, 0.15) is 22.3 Å². The molecule has 26 heavy (non-hydrogen) atoms. The molecule has 1 aromatic rings. The van der Waals surface area contributed by atoms with Crippen LogP contribution >= 0.6 is 0 Å². The highest BCUT2D eigenvalue weighted by Crippen LogP contribution is 2.29. The van der Waals surface area contributed by atoms with E-state index in [2.05, 4.69) is 5.32 Å². The number of morpholine rings is 1. The first kappa shape index (κ1) is 19.7. The van der Waals surface area contributed by atoms with Gasteiger partial charge in [0, 0.05) is 12.1 Å². The minimum Gasteiger partial charge on any atom is -0.481 e. The van der Waals surface area contributed by atoms with Crippen LogP contribution in [0.25, 0.3) is 0 Å². The van der Waals surface area contributed by atoms with E-state index in [1.165, 1.54) is 4.90 Å². The zero-order valence-corrected chi connectivity index (χ0v) is 13.6. The molecule has 2 N–H and O–H groups in total. The predicted octanol–water partition coefficient (Wildman–Crippen LogP) is 1.14. The number of rotatable bonds is 5. The first-order chi connectivity index (χ1) is 12.2. The van der Waals surface area contributed by atoms with Gasteiger partial charge in [-0.25, -0.2) is 0 Å². The van der Waals surface area contributed by atoms with E-state index in [1.807, 2.05) is 0 Å². The van der Waals surface area contributed by atoms with E-state index in [9.17, 15) is 27.6 Å². The lowest BCUT2D eigenvalue weighted by Gasteiger charge is -2.34. The second kappa shape index (κ2) is 8.17. The molecular formula is C16H17F3N2O5. The van der Waals surface area contributed by atoms with Crippen molar-refractivity contribution < 1.29 is 37.4 Å². The molecule has 1 unspecified atom stereocenters. The fourth-order valence-electron chi connectivity index (χ4n) is 2.52. The standard InChI is InChI=1S/C16H17F3N2O5/c17-16(18,19)11-3-1-10(2-4-11)15(25)20-8-13(22)21-5-6-26-9-12(21)7-14(23)24/h1-4,12H,5-9H2,(H,20,25)(H,23,24). The van der Waals surface area contributed by atoms with Crippen LogP contribution in [0.2, 0.25) is 0 Å². The normalized spacial score (nSPS) is 17.7. The molecule has 2 rings (SSSR count). The summed E-state index contributed by atoms with van der Waals surface area (Å²) in [7, 11) is 0. The molecule has 142 valence electrons. The van der Waals surface area contributed by atoms with Gasteiger partial charge in [-0.05, 0) is 24.3 Å². The number of aliphatic carboxylic acids is 1. The third-order valence-electron chi connectivity index (χ3n) is 3.83. The molecule has 1 aliphatic heterocycles. The molecule has 0 radical (unpaired) electrons. The molecule has 7 nitrogen and oxygen atoms in total. The summed E-state index contributed by atoms with van der Waals surface area (Å²) in [5.41, 5.74) is -0.898. The monoisotopic (exact) mass is 374 g/mol. The number of nitrogens with zero attached hydrogens (tertiary/aromatic N) is 1. The Balaban J connectivity index is 1.93.